The predicted octanol–water partition coefficient (Wildman–Crippen LogP) is 0.380. The summed E-state index contributed by atoms with van der Waals surface area (Å²) in [5, 5.41) is 5.28. The lowest BCUT2D eigenvalue weighted by molar-refractivity contribution is -0.126. The molecule has 2 rings (SSSR count). The SMILES string of the molecule is C[C@]1(C(=O)NCCC(=O)N[C@@H]2CCS(=O)(=O)C2)CC1(Cl)Cl. The van der Waals surface area contributed by atoms with Gasteiger partial charge in [0.15, 0.2) is 9.84 Å². The summed E-state index contributed by atoms with van der Waals surface area (Å²) < 4.78 is 21.5. The Labute approximate surface area is 133 Å². The molecule has 1 saturated carbocycles. The number of nitrogens with one attached hydrogen (secondary N) is 2. The van der Waals surface area contributed by atoms with E-state index in [1.54, 1.807) is 6.92 Å². The van der Waals surface area contributed by atoms with Crippen molar-refractivity contribution in [3.05, 3.63) is 0 Å². The van der Waals surface area contributed by atoms with Crippen molar-refractivity contribution in [2.75, 3.05) is 18.1 Å². The second kappa shape index (κ2) is 5.59. The number of hydrogen-bond acceptors (Lipinski definition) is 4. The third kappa shape index (κ3) is 3.81. The fourth-order valence-corrected chi connectivity index (χ4v) is 4.72. The second-order valence-electron chi connectivity index (χ2n) is 5.89. The van der Waals surface area contributed by atoms with Gasteiger partial charge in [-0.15, -0.1) is 23.2 Å². The minimum atomic E-state index is -3.01. The summed E-state index contributed by atoms with van der Waals surface area (Å²) >= 11 is 11.8. The highest BCUT2D eigenvalue weighted by atomic mass is 35.5. The van der Waals surface area contributed by atoms with Gasteiger partial charge in [0.05, 0.1) is 16.9 Å². The fraction of sp³-hybridized carbons (Fsp3) is 0.833. The van der Waals surface area contributed by atoms with E-state index < -0.39 is 19.6 Å². The van der Waals surface area contributed by atoms with E-state index in [2.05, 4.69) is 10.6 Å². The average Bonchev–Trinajstić information content (AvgIpc) is 2.68. The molecule has 0 radical (unpaired) electrons. The van der Waals surface area contributed by atoms with E-state index >= 15 is 0 Å². The molecule has 0 aromatic rings. The fourth-order valence-electron chi connectivity index (χ4n) is 2.34. The summed E-state index contributed by atoms with van der Waals surface area (Å²) in [5.74, 6) is -0.449. The summed E-state index contributed by atoms with van der Waals surface area (Å²) in [6.45, 7) is 1.84. The number of hydrogen-bond donors (Lipinski definition) is 2. The van der Waals surface area contributed by atoms with Crippen LogP contribution in [-0.4, -0.2) is 48.7 Å². The van der Waals surface area contributed by atoms with Gasteiger partial charge < -0.3 is 10.6 Å². The van der Waals surface area contributed by atoms with Crippen molar-refractivity contribution in [3.8, 4) is 0 Å². The van der Waals surface area contributed by atoms with Crippen LogP contribution in [0.25, 0.3) is 0 Å². The zero-order valence-electron chi connectivity index (χ0n) is 11.6. The largest absolute Gasteiger partial charge is 0.355 e. The third-order valence-electron chi connectivity index (χ3n) is 3.99. The van der Waals surface area contributed by atoms with Gasteiger partial charge in [-0.25, -0.2) is 8.42 Å². The van der Waals surface area contributed by atoms with Gasteiger partial charge in [0.2, 0.25) is 11.8 Å². The second-order valence-corrected chi connectivity index (χ2v) is 9.60. The molecule has 120 valence electrons. The minimum absolute atomic E-state index is 0.00974. The molecule has 2 amide bonds. The highest BCUT2D eigenvalue weighted by Crippen LogP contribution is 2.63. The van der Waals surface area contributed by atoms with Crippen molar-refractivity contribution >= 4 is 44.9 Å². The molecule has 0 spiro atoms. The van der Waals surface area contributed by atoms with Gasteiger partial charge in [-0.1, -0.05) is 0 Å². The zero-order chi connectivity index (χ0) is 15.9. The average molecular weight is 357 g/mol. The van der Waals surface area contributed by atoms with Crippen LogP contribution in [0.3, 0.4) is 0 Å². The van der Waals surface area contributed by atoms with Crippen LogP contribution in [0.2, 0.25) is 0 Å². The van der Waals surface area contributed by atoms with Crippen LogP contribution >= 0.6 is 23.2 Å². The van der Waals surface area contributed by atoms with Crippen molar-refractivity contribution in [1.82, 2.24) is 10.6 Å². The standard InChI is InChI=1S/C12H18Cl2N2O4S/c1-11(7-12(11,13)14)10(18)15-4-2-9(17)16-8-3-5-21(19,20)6-8/h8H,2-7H2,1H3,(H,15,18)(H,16,17)/t8-,11-/m1/s1. The van der Waals surface area contributed by atoms with Gasteiger partial charge in [-0.2, -0.15) is 0 Å². The van der Waals surface area contributed by atoms with Crippen molar-refractivity contribution in [2.24, 2.45) is 5.41 Å². The summed E-state index contributed by atoms with van der Waals surface area (Å²) in [7, 11) is -3.01. The topological polar surface area (TPSA) is 92.3 Å². The molecule has 9 heteroatoms. The quantitative estimate of drug-likeness (QED) is 0.696. The van der Waals surface area contributed by atoms with Crippen LogP contribution in [0.15, 0.2) is 0 Å². The lowest BCUT2D eigenvalue weighted by Gasteiger charge is -2.14. The molecule has 0 aromatic carbocycles. The number of alkyl halides is 2. The van der Waals surface area contributed by atoms with E-state index in [1.165, 1.54) is 0 Å². The number of amides is 2. The van der Waals surface area contributed by atoms with E-state index in [-0.39, 0.29) is 42.3 Å². The third-order valence-corrected chi connectivity index (χ3v) is 6.86. The zero-order valence-corrected chi connectivity index (χ0v) is 13.9. The Morgan fingerprint density at radius 2 is 1.95 bits per heavy atom. The Kier molecular flexibility index (Phi) is 4.48. The van der Waals surface area contributed by atoms with E-state index in [4.69, 9.17) is 23.2 Å². The predicted molar refractivity (Wildman–Crippen MR) is 80.0 cm³/mol. The molecule has 1 heterocycles. The maximum atomic E-state index is 11.9. The molecule has 6 nitrogen and oxygen atoms in total. The molecule has 2 aliphatic rings. The molecule has 0 bridgehead atoms. The smallest absolute Gasteiger partial charge is 0.229 e. The molecule has 2 N–H and O–H groups in total. The Morgan fingerprint density at radius 3 is 2.43 bits per heavy atom. The van der Waals surface area contributed by atoms with Gasteiger partial charge in [0.25, 0.3) is 0 Å². The Balaban J connectivity index is 1.68. The first-order chi connectivity index (χ1) is 9.56. The molecule has 1 saturated heterocycles. The molecular weight excluding hydrogens is 339 g/mol. The van der Waals surface area contributed by atoms with Crippen molar-refractivity contribution in [2.45, 2.75) is 36.6 Å². The highest BCUT2D eigenvalue weighted by Gasteiger charge is 2.67. The van der Waals surface area contributed by atoms with Gasteiger partial charge in [-0.3, -0.25) is 9.59 Å². The lowest BCUT2D eigenvalue weighted by atomic mass is 10.1. The van der Waals surface area contributed by atoms with E-state index in [0.29, 0.717) is 12.8 Å². The minimum Gasteiger partial charge on any atom is -0.355 e. The highest BCUT2D eigenvalue weighted by molar-refractivity contribution is 7.91. The molecule has 21 heavy (non-hydrogen) atoms. The first-order valence-corrected chi connectivity index (χ1v) is 9.29. The summed E-state index contributed by atoms with van der Waals surface area (Å²) in [5.41, 5.74) is -0.799. The maximum absolute atomic E-state index is 11.9. The van der Waals surface area contributed by atoms with E-state index in [9.17, 15) is 18.0 Å². The Hall–Kier alpha value is -0.530. The number of carbonyl (C=O) groups excluding carboxylic acids is 2. The van der Waals surface area contributed by atoms with Crippen LogP contribution < -0.4 is 10.6 Å². The number of rotatable bonds is 5. The first-order valence-electron chi connectivity index (χ1n) is 6.72. The van der Waals surface area contributed by atoms with Crippen molar-refractivity contribution in [3.63, 3.8) is 0 Å². The molecule has 0 unspecified atom stereocenters. The van der Waals surface area contributed by atoms with Crippen LogP contribution in [0.1, 0.15) is 26.2 Å². The normalized spacial score (nSPS) is 32.4. The van der Waals surface area contributed by atoms with Gasteiger partial charge >= 0.3 is 0 Å². The summed E-state index contributed by atoms with van der Waals surface area (Å²) in [6.07, 6.45) is 0.927. The Bertz CT molecular complexity index is 564. The monoisotopic (exact) mass is 356 g/mol. The van der Waals surface area contributed by atoms with Crippen LogP contribution in [0, 0.1) is 5.41 Å². The number of sulfone groups is 1. The summed E-state index contributed by atoms with van der Waals surface area (Å²) in [4.78, 5) is 23.5. The first kappa shape index (κ1) is 16.8. The van der Waals surface area contributed by atoms with Crippen LogP contribution in [-0.2, 0) is 19.4 Å². The van der Waals surface area contributed by atoms with Gasteiger partial charge in [0.1, 0.15) is 4.33 Å². The lowest BCUT2D eigenvalue weighted by Crippen LogP contribution is -2.39. The molecule has 1 aliphatic heterocycles. The van der Waals surface area contributed by atoms with Gasteiger partial charge in [-0.05, 0) is 19.8 Å². The van der Waals surface area contributed by atoms with Crippen LogP contribution in [0.4, 0.5) is 0 Å². The maximum Gasteiger partial charge on any atom is 0.229 e. The van der Waals surface area contributed by atoms with Crippen molar-refractivity contribution in [1.29, 1.82) is 0 Å². The molecule has 1 aliphatic carbocycles. The number of carbonyl (C=O) groups is 2. The number of halogens is 2. The van der Waals surface area contributed by atoms with Crippen molar-refractivity contribution < 1.29 is 18.0 Å². The Morgan fingerprint density at radius 1 is 1.33 bits per heavy atom. The van der Waals surface area contributed by atoms with E-state index in [0.717, 1.165) is 0 Å². The molecule has 0 aromatic heterocycles. The van der Waals surface area contributed by atoms with Gasteiger partial charge in [0, 0.05) is 19.0 Å². The molecule has 2 fully saturated rings. The molecule has 2 atom stereocenters. The molecular formula is C12H18Cl2N2O4S. The van der Waals surface area contributed by atoms with Crippen LogP contribution in [0.5, 0.6) is 0 Å². The van der Waals surface area contributed by atoms with E-state index in [1.807, 2.05) is 0 Å². The summed E-state index contributed by atoms with van der Waals surface area (Å²) in [6, 6.07) is -0.322.